The summed E-state index contributed by atoms with van der Waals surface area (Å²) in [7, 11) is 0. The number of hydrogen-bond donors (Lipinski definition) is 2. The molecule has 0 aliphatic carbocycles. The smallest absolute Gasteiger partial charge is 0.475 e. The predicted octanol–water partition coefficient (Wildman–Crippen LogP) is 1.11. The van der Waals surface area contributed by atoms with Gasteiger partial charge in [0.15, 0.2) is 0 Å². The molecule has 136 valence electrons. The lowest BCUT2D eigenvalue weighted by Gasteiger charge is -2.36. The van der Waals surface area contributed by atoms with Crippen molar-refractivity contribution < 1.29 is 31.9 Å². The van der Waals surface area contributed by atoms with E-state index in [2.05, 4.69) is 10.2 Å². The molecule has 10 heteroatoms. The van der Waals surface area contributed by atoms with Crippen LogP contribution in [0.4, 0.5) is 22.0 Å². The van der Waals surface area contributed by atoms with Gasteiger partial charge in [0.05, 0.1) is 6.54 Å². The molecule has 0 spiro atoms. The number of nitrogens with one attached hydrogen (secondary N) is 1. The van der Waals surface area contributed by atoms with Gasteiger partial charge in [-0.15, -0.1) is 0 Å². The van der Waals surface area contributed by atoms with Crippen LogP contribution in [-0.2, 0) is 4.79 Å². The highest BCUT2D eigenvalue weighted by Crippen LogP contribution is 2.13. The lowest BCUT2D eigenvalue weighted by molar-refractivity contribution is -0.192. The van der Waals surface area contributed by atoms with E-state index >= 15 is 0 Å². The molecule has 2 N–H and O–H groups in total. The third kappa shape index (κ3) is 8.42. The molecule has 2 fully saturated rings. The van der Waals surface area contributed by atoms with Crippen molar-refractivity contribution in [2.75, 3.05) is 52.4 Å². The lowest BCUT2D eigenvalue weighted by atomic mass is 9.99. The second-order valence-corrected chi connectivity index (χ2v) is 5.65. The average molecular weight is 347 g/mol. The van der Waals surface area contributed by atoms with Crippen molar-refractivity contribution in [3.8, 4) is 0 Å². The Hall–Kier alpha value is -1.00. The second-order valence-electron chi connectivity index (χ2n) is 5.65. The summed E-state index contributed by atoms with van der Waals surface area (Å²) < 4.78 is 56.1. The predicted molar refractivity (Wildman–Crippen MR) is 73.6 cm³/mol. The topological polar surface area (TPSA) is 55.8 Å². The van der Waals surface area contributed by atoms with Gasteiger partial charge >= 0.3 is 12.1 Å². The van der Waals surface area contributed by atoms with E-state index in [0.717, 1.165) is 51.7 Å². The van der Waals surface area contributed by atoms with Crippen molar-refractivity contribution in [2.24, 2.45) is 5.92 Å². The molecule has 0 aromatic rings. The van der Waals surface area contributed by atoms with Crippen molar-refractivity contribution in [2.45, 2.75) is 19.0 Å². The van der Waals surface area contributed by atoms with Crippen molar-refractivity contribution >= 4 is 5.97 Å². The lowest BCUT2D eigenvalue weighted by Crippen LogP contribution is -2.49. The number of carboxylic acid groups (broad SMARTS) is 1. The monoisotopic (exact) mass is 347 g/mol. The van der Waals surface area contributed by atoms with E-state index in [4.69, 9.17) is 9.90 Å². The molecule has 0 amide bonds. The minimum atomic E-state index is -5.08. The molecule has 0 atom stereocenters. The number of halogens is 5. The van der Waals surface area contributed by atoms with E-state index in [1.165, 1.54) is 6.42 Å². The van der Waals surface area contributed by atoms with Gasteiger partial charge in [-0.05, 0) is 32.0 Å². The van der Waals surface area contributed by atoms with Gasteiger partial charge in [-0.1, -0.05) is 0 Å². The molecule has 2 rings (SSSR count). The molecule has 2 aliphatic heterocycles. The molecule has 0 aromatic carbocycles. The van der Waals surface area contributed by atoms with Gasteiger partial charge in [0.2, 0.25) is 0 Å². The van der Waals surface area contributed by atoms with Crippen molar-refractivity contribution in [3.63, 3.8) is 0 Å². The Bertz CT molecular complexity index is 356. The molecule has 5 nitrogen and oxygen atoms in total. The minimum Gasteiger partial charge on any atom is -0.475 e. The number of carbonyl (C=O) groups is 1. The molecule has 2 saturated heterocycles. The summed E-state index contributed by atoms with van der Waals surface area (Å²) in [6.07, 6.45) is -6.02. The zero-order valence-corrected chi connectivity index (χ0v) is 12.7. The van der Waals surface area contributed by atoms with Crippen LogP contribution < -0.4 is 5.32 Å². The van der Waals surface area contributed by atoms with Crippen LogP contribution in [0, 0.1) is 5.92 Å². The van der Waals surface area contributed by atoms with E-state index in [9.17, 15) is 22.0 Å². The summed E-state index contributed by atoms with van der Waals surface area (Å²) in [5, 5.41) is 10.4. The maximum absolute atomic E-state index is 12.2. The fourth-order valence-corrected chi connectivity index (χ4v) is 2.31. The van der Waals surface area contributed by atoms with Crippen molar-refractivity contribution in [1.29, 1.82) is 0 Å². The fraction of sp³-hybridized carbons (Fsp3) is 0.923. The van der Waals surface area contributed by atoms with Gasteiger partial charge in [-0.3, -0.25) is 4.90 Å². The summed E-state index contributed by atoms with van der Waals surface area (Å²) in [5.41, 5.74) is 0. The highest BCUT2D eigenvalue weighted by atomic mass is 19.4. The van der Waals surface area contributed by atoms with Crippen LogP contribution in [0.5, 0.6) is 0 Å². The standard InChI is InChI=1S/C11H21F2N3.C2HF3O2/c12-11(13)9-16-5-3-15(4-6-16)2-1-10-7-14-8-10;3-2(4,5)1(6)7/h10-11,14H,1-9H2;(H,6,7). The van der Waals surface area contributed by atoms with Gasteiger partial charge in [0.1, 0.15) is 0 Å². The Labute approximate surface area is 131 Å². The first-order chi connectivity index (χ1) is 10.7. The zero-order chi connectivity index (χ0) is 17.5. The number of hydrogen-bond acceptors (Lipinski definition) is 4. The number of carboxylic acids is 1. The average Bonchev–Trinajstić information content (AvgIpc) is 2.38. The Kier molecular flexibility index (Phi) is 8.13. The summed E-state index contributed by atoms with van der Waals surface area (Å²) in [6, 6.07) is 0. The Balaban J connectivity index is 0.000000322. The SMILES string of the molecule is FC(F)CN1CCN(CCC2CNC2)CC1.O=C(O)C(F)(F)F. The number of aliphatic carboxylic acids is 1. The summed E-state index contributed by atoms with van der Waals surface area (Å²) >= 11 is 0. The fourth-order valence-electron chi connectivity index (χ4n) is 2.31. The number of piperazine rings is 1. The van der Waals surface area contributed by atoms with Gasteiger partial charge in [0, 0.05) is 26.2 Å². The van der Waals surface area contributed by atoms with Crippen molar-refractivity contribution in [3.05, 3.63) is 0 Å². The Morgan fingerprint density at radius 2 is 1.61 bits per heavy atom. The first kappa shape index (κ1) is 20.0. The van der Waals surface area contributed by atoms with Crippen LogP contribution >= 0.6 is 0 Å². The van der Waals surface area contributed by atoms with E-state index in [1.807, 2.05) is 4.90 Å². The molecule has 0 aromatic heterocycles. The van der Waals surface area contributed by atoms with Gasteiger partial charge in [0.25, 0.3) is 6.43 Å². The van der Waals surface area contributed by atoms with Crippen molar-refractivity contribution in [1.82, 2.24) is 15.1 Å². The summed E-state index contributed by atoms with van der Waals surface area (Å²) in [4.78, 5) is 13.2. The largest absolute Gasteiger partial charge is 0.490 e. The summed E-state index contributed by atoms with van der Waals surface area (Å²) in [6.45, 7) is 6.90. The molecular weight excluding hydrogens is 325 g/mol. The zero-order valence-electron chi connectivity index (χ0n) is 12.7. The second kappa shape index (κ2) is 9.33. The van der Waals surface area contributed by atoms with Gasteiger partial charge in [-0.25, -0.2) is 13.6 Å². The van der Waals surface area contributed by atoms with Crippen LogP contribution in [0.25, 0.3) is 0 Å². The maximum atomic E-state index is 12.2. The van der Waals surface area contributed by atoms with E-state index in [1.54, 1.807) is 0 Å². The summed E-state index contributed by atoms with van der Waals surface area (Å²) in [5.74, 6) is -1.91. The first-order valence-corrected chi connectivity index (χ1v) is 7.42. The van der Waals surface area contributed by atoms with Crippen LogP contribution in [0.2, 0.25) is 0 Å². The molecular formula is C13H22F5N3O2. The quantitative estimate of drug-likeness (QED) is 0.730. The molecule has 0 saturated carbocycles. The minimum absolute atomic E-state index is 0.0552. The van der Waals surface area contributed by atoms with Crippen LogP contribution in [0.3, 0.4) is 0 Å². The molecule has 0 unspecified atom stereocenters. The Morgan fingerprint density at radius 1 is 1.13 bits per heavy atom. The van der Waals surface area contributed by atoms with Crippen LogP contribution in [-0.4, -0.2) is 85.8 Å². The normalized spacial score (nSPS) is 20.8. The third-order valence-electron chi connectivity index (χ3n) is 3.82. The molecule has 23 heavy (non-hydrogen) atoms. The molecule has 2 heterocycles. The van der Waals surface area contributed by atoms with E-state index in [-0.39, 0.29) is 6.54 Å². The molecule has 0 bridgehead atoms. The third-order valence-corrected chi connectivity index (χ3v) is 3.82. The number of alkyl halides is 5. The van der Waals surface area contributed by atoms with E-state index in [0.29, 0.717) is 0 Å². The molecule has 0 radical (unpaired) electrons. The molecule has 2 aliphatic rings. The van der Waals surface area contributed by atoms with Gasteiger partial charge < -0.3 is 15.3 Å². The number of nitrogens with zero attached hydrogens (tertiary/aromatic N) is 2. The first-order valence-electron chi connectivity index (χ1n) is 7.42. The number of rotatable bonds is 5. The van der Waals surface area contributed by atoms with Gasteiger partial charge in [-0.2, -0.15) is 13.2 Å². The van der Waals surface area contributed by atoms with E-state index < -0.39 is 18.6 Å². The van der Waals surface area contributed by atoms with Crippen LogP contribution in [0.1, 0.15) is 6.42 Å². The Morgan fingerprint density at radius 3 is 1.96 bits per heavy atom. The van der Waals surface area contributed by atoms with Crippen LogP contribution in [0.15, 0.2) is 0 Å². The maximum Gasteiger partial charge on any atom is 0.490 e. The highest BCUT2D eigenvalue weighted by molar-refractivity contribution is 5.73. The highest BCUT2D eigenvalue weighted by Gasteiger charge is 2.38.